The van der Waals surface area contributed by atoms with Crippen LogP contribution in [0.25, 0.3) is 0 Å². The Hall–Kier alpha value is -0.900. The summed E-state index contributed by atoms with van der Waals surface area (Å²) in [7, 11) is 0. The van der Waals surface area contributed by atoms with Crippen LogP contribution in [0.2, 0.25) is 0 Å². The van der Waals surface area contributed by atoms with Gasteiger partial charge in [-0.05, 0) is 43.8 Å². The van der Waals surface area contributed by atoms with Gasteiger partial charge in [-0.3, -0.25) is 0 Å². The third-order valence-electron chi connectivity index (χ3n) is 4.38. The number of piperidine rings is 1. The quantitative estimate of drug-likeness (QED) is 0.837. The first-order chi connectivity index (χ1) is 10.2. The van der Waals surface area contributed by atoms with Crippen molar-refractivity contribution < 1.29 is 9.84 Å². The zero-order valence-corrected chi connectivity index (χ0v) is 13.4. The zero-order chi connectivity index (χ0) is 15.1. The number of hydrogen-bond donors (Lipinski definition) is 1. The fourth-order valence-electron chi connectivity index (χ4n) is 2.94. The Morgan fingerprint density at radius 3 is 2.52 bits per heavy atom. The molecule has 0 aromatic heterocycles. The topological polar surface area (TPSA) is 32.7 Å². The van der Waals surface area contributed by atoms with E-state index in [1.807, 2.05) is 18.2 Å². The maximum atomic E-state index is 10.2. The Morgan fingerprint density at radius 1 is 1.24 bits per heavy atom. The number of benzene rings is 1. The van der Waals surface area contributed by atoms with Crippen molar-refractivity contribution in [2.45, 2.75) is 45.3 Å². The number of rotatable bonds is 7. The molecule has 2 atom stereocenters. The van der Waals surface area contributed by atoms with Gasteiger partial charge in [-0.15, -0.1) is 0 Å². The number of ether oxygens (including phenoxy) is 1. The largest absolute Gasteiger partial charge is 0.389 e. The minimum absolute atomic E-state index is 0.0854. The van der Waals surface area contributed by atoms with Gasteiger partial charge < -0.3 is 14.7 Å². The fraction of sp³-hybridized carbons (Fsp3) is 0.667. The highest BCUT2D eigenvalue weighted by atomic mass is 16.5. The average molecular weight is 291 g/mol. The van der Waals surface area contributed by atoms with Crippen LogP contribution in [-0.4, -0.2) is 42.4 Å². The number of aliphatic hydroxyl groups is 1. The van der Waals surface area contributed by atoms with E-state index in [0.29, 0.717) is 6.61 Å². The van der Waals surface area contributed by atoms with Gasteiger partial charge in [-0.1, -0.05) is 44.2 Å². The lowest BCUT2D eigenvalue weighted by atomic mass is 9.99. The lowest BCUT2D eigenvalue weighted by Gasteiger charge is -2.31. The summed E-state index contributed by atoms with van der Waals surface area (Å²) in [5, 5.41) is 10.2. The van der Waals surface area contributed by atoms with Gasteiger partial charge in [0.15, 0.2) is 0 Å². The monoisotopic (exact) mass is 291 g/mol. The Morgan fingerprint density at radius 2 is 1.90 bits per heavy atom. The number of hydrogen-bond acceptors (Lipinski definition) is 3. The second-order valence-corrected chi connectivity index (χ2v) is 6.28. The molecule has 0 aliphatic carbocycles. The summed E-state index contributed by atoms with van der Waals surface area (Å²) in [6.45, 7) is 7.79. The summed E-state index contributed by atoms with van der Waals surface area (Å²) in [6.07, 6.45) is 3.11. The summed E-state index contributed by atoms with van der Waals surface area (Å²) in [5.74, 6) is 0.831. The van der Waals surface area contributed by atoms with E-state index in [2.05, 4.69) is 30.9 Å². The molecule has 1 saturated heterocycles. The molecule has 2 rings (SSSR count). The van der Waals surface area contributed by atoms with Crippen molar-refractivity contribution in [2.24, 2.45) is 5.92 Å². The first-order valence-electron chi connectivity index (χ1n) is 8.26. The van der Waals surface area contributed by atoms with Gasteiger partial charge in [-0.25, -0.2) is 0 Å². The van der Waals surface area contributed by atoms with Gasteiger partial charge in [0.25, 0.3) is 0 Å². The van der Waals surface area contributed by atoms with Gasteiger partial charge in [0, 0.05) is 6.54 Å². The smallest absolute Gasteiger partial charge is 0.0900 e. The van der Waals surface area contributed by atoms with Crippen molar-refractivity contribution in [3.05, 3.63) is 35.9 Å². The summed E-state index contributed by atoms with van der Waals surface area (Å²) >= 11 is 0. The average Bonchev–Trinajstić information content (AvgIpc) is 2.51. The Labute approximate surface area is 128 Å². The van der Waals surface area contributed by atoms with E-state index in [4.69, 9.17) is 4.74 Å². The van der Waals surface area contributed by atoms with Crippen molar-refractivity contribution in [1.82, 2.24) is 4.90 Å². The first kappa shape index (κ1) is 16.5. The van der Waals surface area contributed by atoms with Crippen LogP contribution < -0.4 is 0 Å². The lowest BCUT2D eigenvalue weighted by molar-refractivity contribution is -0.0264. The molecule has 1 fully saturated rings. The van der Waals surface area contributed by atoms with Crippen LogP contribution in [0.3, 0.4) is 0 Å². The Kier molecular flexibility index (Phi) is 6.68. The molecule has 0 radical (unpaired) electrons. The maximum Gasteiger partial charge on any atom is 0.0900 e. The third-order valence-corrected chi connectivity index (χ3v) is 4.38. The number of aliphatic hydroxyl groups excluding tert-OH is 1. The van der Waals surface area contributed by atoms with E-state index in [1.165, 1.54) is 18.4 Å². The summed E-state index contributed by atoms with van der Waals surface area (Å²) in [4.78, 5) is 2.36. The van der Waals surface area contributed by atoms with E-state index >= 15 is 0 Å². The van der Waals surface area contributed by atoms with Gasteiger partial charge in [0.2, 0.25) is 0 Å². The summed E-state index contributed by atoms with van der Waals surface area (Å²) in [5.41, 5.74) is 1.19. The van der Waals surface area contributed by atoms with Crippen molar-refractivity contribution >= 4 is 0 Å². The molecule has 0 spiro atoms. The van der Waals surface area contributed by atoms with Gasteiger partial charge in [-0.2, -0.15) is 0 Å². The molecule has 1 aliphatic rings. The molecule has 1 aromatic rings. The standard InChI is InChI=1S/C18H29NO2/c1-3-18(16-7-5-4-6-8-16)21-14-17(20)13-19-11-9-15(2)10-12-19/h4-8,15,17-18,20H,3,9-14H2,1-2H3/t17-,18+/m1/s1. The molecule has 1 N–H and O–H groups in total. The van der Waals surface area contributed by atoms with Crippen LogP contribution >= 0.6 is 0 Å². The SMILES string of the molecule is CC[C@H](OC[C@H](O)CN1CCC(C)CC1)c1ccccc1. The summed E-state index contributed by atoms with van der Waals surface area (Å²) < 4.78 is 5.93. The molecule has 0 saturated carbocycles. The second kappa shape index (κ2) is 8.52. The molecule has 3 nitrogen and oxygen atoms in total. The maximum absolute atomic E-state index is 10.2. The molecule has 21 heavy (non-hydrogen) atoms. The molecule has 1 aliphatic heterocycles. The lowest BCUT2D eigenvalue weighted by Crippen LogP contribution is -2.40. The molecular formula is C18H29NO2. The molecule has 0 amide bonds. The van der Waals surface area contributed by atoms with E-state index in [0.717, 1.165) is 32.0 Å². The molecule has 0 bridgehead atoms. The number of likely N-dealkylation sites (tertiary alicyclic amines) is 1. The molecule has 1 heterocycles. The van der Waals surface area contributed by atoms with Crippen LogP contribution in [0.15, 0.2) is 30.3 Å². The van der Waals surface area contributed by atoms with Crippen LogP contribution in [0.4, 0.5) is 0 Å². The van der Waals surface area contributed by atoms with Gasteiger partial charge in [0.1, 0.15) is 0 Å². The fourth-order valence-corrected chi connectivity index (χ4v) is 2.94. The predicted molar refractivity (Wildman–Crippen MR) is 86.3 cm³/mol. The third kappa shape index (κ3) is 5.42. The van der Waals surface area contributed by atoms with Crippen molar-refractivity contribution in [3.63, 3.8) is 0 Å². The Bertz CT molecular complexity index is 387. The Balaban J connectivity index is 1.73. The highest BCUT2D eigenvalue weighted by Gasteiger charge is 2.19. The van der Waals surface area contributed by atoms with Crippen LogP contribution in [-0.2, 0) is 4.74 Å². The molecule has 118 valence electrons. The highest BCUT2D eigenvalue weighted by molar-refractivity contribution is 5.17. The minimum atomic E-state index is -0.392. The highest BCUT2D eigenvalue weighted by Crippen LogP contribution is 2.21. The zero-order valence-electron chi connectivity index (χ0n) is 13.4. The number of nitrogens with zero attached hydrogens (tertiary/aromatic N) is 1. The molecule has 3 heteroatoms. The van der Waals surface area contributed by atoms with Crippen molar-refractivity contribution in [3.8, 4) is 0 Å². The molecular weight excluding hydrogens is 262 g/mol. The van der Waals surface area contributed by atoms with Gasteiger partial charge >= 0.3 is 0 Å². The molecule has 1 aromatic carbocycles. The van der Waals surface area contributed by atoms with Crippen LogP contribution in [0.1, 0.15) is 44.8 Å². The van der Waals surface area contributed by atoms with Gasteiger partial charge in [0.05, 0.1) is 18.8 Å². The minimum Gasteiger partial charge on any atom is -0.389 e. The van der Waals surface area contributed by atoms with E-state index in [1.54, 1.807) is 0 Å². The number of β-amino-alcohol motifs (C(OH)–C–C–N with tert-alkyl or cyclic N) is 1. The van der Waals surface area contributed by atoms with Crippen LogP contribution in [0.5, 0.6) is 0 Å². The van der Waals surface area contributed by atoms with E-state index in [9.17, 15) is 5.11 Å². The van der Waals surface area contributed by atoms with Crippen molar-refractivity contribution in [2.75, 3.05) is 26.2 Å². The normalized spacial score (nSPS) is 20.3. The summed E-state index contributed by atoms with van der Waals surface area (Å²) in [6, 6.07) is 10.3. The van der Waals surface area contributed by atoms with Crippen molar-refractivity contribution in [1.29, 1.82) is 0 Å². The first-order valence-corrected chi connectivity index (χ1v) is 8.26. The van der Waals surface area contributed by atoms with E-state index < -0.39 is 6.10 Å². The second-order valence-electron chi connectivity index (χ2n) is 6.28. The predicted octanol–water partition coefficient (Wildman–Crippen LogP) is 3.25. The van der Waals surface area contributed by atoms with E-state index in [-0.39, 0.29) is 6.10 Å². The van der Waals surface area contributed by atoms with Crippen LogP contribution in [0, 0.1) is 5.92 Å². The molecule has 0 unspecified atom stereocenters.